The smallest absolute Gasteiger partial charge is 0.459 e. The number of ether oxygens (including phenoxy) is 2. The molecule has 1 aliphatic rings. The van der Waals surface area contributed by atoms with Gasteiger partial charge in [-0.05, 0) is 72.8 Å². The lowest BCUT2D eigenvalue weighted by Crippen LogP contribution is -2.68. The second-order valence-corrected chi connectivity index (χ2v) is 11.4. The number of Topliss-reactive ketones (excluding diaryl/α,β-unsaturated/α-hetero) is 2. The van der Waals surface area contributed by atoms with E-state index in [0.29, 0.717) is 5.02 Å². The Morgan fingerprint density at radius 2 is 1.12 bits per heavy atom. The second-order valence-electron chi connectivity index (χ2n) is 8.86. The number of halogens is 3. The van der Waals surface area contributed by atoms with Gasteiger partial charge in [0.05, 0.1) is 5.56 Å². The number of phosphoric ester groups is 1. The van der Waals surface area contributed by atoms with Crippen LogP contribution in [0.15, 0.2) is 72.8 Å². The minimum Gasteiger partial charge on any atom is -0.459 e. The largest absolute Gasteiger partial charge is 0.472 e. The van der Waals surface area contributed by atoms with Crippen molar-refractivity contribution in [3.63, 3.8) is 0 Å². The Morgan fingerprint density at radius 1 is 0.732 bits per heavy atom. The molecule has 1 fully saturated rings. The van der Waals surface area contributed by atoms with E-state index in [1.807, 2.05) is 0 Å². The molecule has 0 unspecified atom stereocenters. The molecule has 0 spiro atoms. The lowest BCUT2D eigenvalue weighted by Gasteiger charge is -2.38. The summed E-state index contributed by atoms with van der Waals surface area (Å²) in [7, 11) is -5.53. The van der Waals surface area contributed by atoms with Crippen molar-refractivity contribution in [1.29, 1.82) is 0 Å². The molecule has 11 nitrogen and oxygen atoms in total. The van der Waals surface area contributed by atoms with E-state index in [-0.39, 0.29) is 26.7 Å². The molecular weight excluding hydrogens is 626 g/mol. The average molecular weight is 646 g/mol. The van der Waals surface area contributed by atoms with Gasteiger partial charge in [0.25, 0.3) is 0 Å². The number of carbonyl (C=O) groups is 3. The van der Waals surface area contributed by atoms with E-state index in [1.165, 1.54) is 60.7 Å². The maximum Gasteiger partial charge on any atom is 0.472 e. The van der Waals surface area contributed by atoms with Crippen LogP contribution in [0.4, 0.5) is 0 Å². The number of aliphatic hydroxyl groups is 2. The van der Waals surface area contributed by atoms with Crippen molar-refractivity contribution in [2.75, 3.05) is 6.61 Å². The Balaban J connectivity index is 1.82. The van der Waals surface area contributed by atoms with Crippen LogP contribution in [0.3, 0.4) is 0 Å². The molecule has 0 radical (unpaired) electrons. The second kappa shape index (κ2) is 11.9. The third kappa shape index (κ3) is 6.25. The van der Waals surface area contributed by atoms with Crippen molar-refractivity contribution in [3.05, 3.63) is 105 Å². The fraction of sp³-hybridized carbons (Fsp3) is 0.192. The standard InChI is InChI=1S/C26H20Cl3O11P/c27-17-7-1-14(2-8-17)21(30)25(33)20(13-38-23(32)16-5-11-19(29)12-6-16)39-24(40-41(35,36)37)26(25,34)22(31)15-3-9-18(28)10-4-15/h1-12,20,24,33-34H,13H2,(H2,35,36,37)/t20-,24-,25+,26+/m1/s1. The van der Waals surface area contributed by atoms with Gasteiger partial charge in [0.1, 0.15) is 12.7 Å². The summed E-state index contributed by atoms with van der Waals surface area (Å²) in [6.07, 6.45) is -4.70. The fourth-order valence-electron chi connectivity index (χ4n) is 4.22. The van der Waals surface area contributed by atoms with Gasteiger partial charge in [-0.3, -0.25) is 14.1 Å². The molecule has 0 amide bonds. The Hall–Kier alpha value is -2.67. The third-order valence-corrected chi connectivity index (χ3v) is 7.48. The molecule has 216 valence electrons. The predicted molar refractivity (Wildman–Crippen MR) is 145 cm³/mol. The van der Waals surface area contributed by atoms with Gasteiger partial charge in [0, 0.05) is 26.2 Å². The van der Waals surface area contributed by atoms with E-state index in [9.17, 15) is 38.9 Å². The molecule has 0 saturated carbocycles. The van der Waals surface area contributed by atoms with Crippen molar-refractivity contribution in [2.45, 2.75) is 23.6 Å². The normalized spacial score (nSPS) is 24.2. The average Bonchev–Trinajstić information content (AvgIpc) is 3.14. The summed E-state index contributed by atoms with van der Waals surface area (Å²) in [5.41, 5.74) is -7.43. The molecule has 15 heteroatoms. The minimum absolute atomic E-state index is 0.00971. The highest BCUT2D eigenvalue weighted by Gasteiger charge is 2.75. The zero-order chi connectivity index (χ0) is 30.2. The number of ketones is 2. The number of carbonyl (C=O) groups excluding carboxylic acids is 3. The molecule has 4 rings (SSSR count). The highest BCUT2D eigenvalue weighted by atomic mass is 35.5. The number of esters is 1. The van der Waals surface area contributed by atoms with Gasteiger partial charge in [0.15, 0.2) is 5.60 Å². The maximum absolute atomic E-state index is 13.8. The third-order valence-electron chi connectivity index (χ3n) is 6.26. The van der Waals surface area contributed by atoms with Crippen LogP contribution in [0.5, 0.6) is 0 Å². The van der Waals surface area contributed by atoms with Crippen molar-refractivity contribution in [2.24, 2.45) is 0 Å². The van der Waals surface area contributed by atoms with Crippen molar-refractivity contribution >= 4 is 60.2 Å². The lowest BCUT2D eigenvalue weighted by molar-refractivity contribution is -0.154. The molecule has 41 heavy (non-hydrogen) atoms. The molecule has 1 heterocycles. The van der Waals surface area contributed by atoms with Crippen molar-refractivity contribution < 1.29 is 52.9 Å². The van der Waals surface area contributed by atoms with Crippen LogP contribution in [0, 0.1) is 0 Å². The van der Waals surface area contributed by atoms with Gasteiger partial charge in [-0.25, -0.2) is 9.36 Å². The zero-order valence-electron chi connectivity index (χ0n) is 20.5. The zero-order valence-corrected chi connectivity index (χ0v) is 23.7. The van der Waals surface area contributed by atoms with Crippen LogP contribution in [0.25, 0.3) is 0 Å². The Labute approximate surface area is 247 Å². The predicted octanol–water partition coefficient (Wildman–Crippen LogP) is 3.87. The van der Waals surface area contributed by atoms with Crippen molar-refractivity contribution in [3.8, 4) is 0 Å². The summed E-state index contributed by atoms with van der Waals surface area (Å²) >= 11 is 17.6. The van der Waals surface area contributed by atoms with E-state index in [1.54, 1.807) is 0 Å². The first kappa shape index (κ1) is 31.3. The highest BCUT2D eigenvalue weighted by Crippen LogP contribution is 2.50. The number of benzene rings is 3. The van der Waals surface area contributed by atoms with Gasteiger partial charge in [-0.15, -0.1) is 0 Å². The molecule has 4 atom stereocenters. The van der Waals surface area contributed by atoms with E-state index in [4.69, 9.17) is 44.3 Å². The number of phosphoric acid groups is 1. The Morgan fingerprint density at radius 3 is 1.54 bits per heavy atom. The summed E-state index contributed by atoms with van der Waals surface area (Å²) in [5.74, 6) is -3.72. The lowest BCUT2D eigenvalue weighted by atomic mass is 9.72. The number of hydrogen-bond acceptors (Lipinski definition) is 9. The van der Waals surface area contributed by atoms with Crippen LogP contribution < -0.4 is 0 Å². The molecule has 1 aliphatic heterocycles. The molecular formula is C26H20Cl3O11P. The first-order chi connectivity index (χ1) is 19.2. The summed E-state index contributed by atoms with van der Waals surface area (Å²) in [6, 6.07) is 15.2. The fourth-order valence-corrected chi connectivity index (χ4v) is 5.05. The summed E-state index contributed by atoms with van der Waals surface area (Å²) in [5, 5.41) is 24.6. The van der Waals surface area contributed by atoms with E-state index in [2.05, 4.69) is 4.52 Å². The molecule has 3 aromatic carbocycles. The van der Waals surface area contributed by atoms with Crippen LogP contribution in [-0.4, -0.2) is 67.7 Å². The molecule has 3 aromatic rings. The van der Waals surface area contributed by atoms with Crippen LogP contribution in [0.1, 0.15) is 31.1 Å². The molecule has 4 N–H and O–H groups in total. The maximum atomic E-state index is 13.8. The van der Waals surface area contributed by atoms with Gasteiger partial charge in [-0.1, -0.05) is 34.8 Å². The molecule has 0 bridgehead atoms. The van der Waals surface area contributed by atoms with Crippen LogP contribution in [0.2, 0.25) is 15.1 Å². The van der Waals surface area contributed by atoms with Gasteiger partial charge in [0.2, 0.25) is 23.5 Å². The van der Waals surface area contributed by atoms with Crippen molar-refractivity contribution in [1.82, 2.24) is 0 Å². The topological polar surface area (TPSA) is 177 Å². The number of hydrogen-bond donors (Lipinski definition) is 4. The SMILES string of the molecule is O=C(OC[C@H]1O[C@H](OP(=O)(O)O)[C@@](O)(C(=O)c2ccc(Cl)cc2)[C@@]1(O)C(=O)c1ccc(Cl)cc1)c1ccc(Cl)cc1. The van der Waals surface area contributed by atoms with Gasteiger partial charge >= 0.3 is 13.8 Å². The summed E-state index contributed by atoms with van der Waals surface area (Å²) in [6.45, 7) is -0.978. The number of rotatable bonds is 9. The van der Waals surface area contributed by atoms with E-state index >= 15 is 0 Å². The highest BCUT2D eigenvalue weighted by molar-refractivity contribution is 7.46. The summed E-state index contributed by atoms with van der Waals surface area (Å²) in [4.78, 5) is 59.3. The van der Waals surface area contributed by atoms with E-state index < -0.39 is 55.6 Å². The Kier molecular flexibility index (Phi) is 9.08. The summed E-state index contributed by atoms with van der Waals surface area (Å²) < 4.78 is 27.0. The quantitative estimate of drug-likeness (QED) is 0.151. The van der Waals surface area contributed by atoms with Crippen LogP contribution in [-0.2, 0) is 18.6 Å². The molecule has 0 aromatic heterocycles. The van der Waals surface area contributed by atoms with Gasteiger partial charge < -0.3 is 29.5 Å². The van der Waals surface area contributed by atoms with Crippen LogP contribution >= 0.6 is 42.6 Å². The molecule has 1 saturated heterocycles. The molecule has 0 aliphatic carbocycles. The Bertz CT molecular complexity index is 1510. The first-order valence-corrected chi connectivity index (χ1v) is 14.2. The first-order valence-electron chi connectivity index (χ1n) is 11.5. The van der Waals surface area contributed by atoms with E-state index in [0.717, 1.165) is 12.1 Å². The minimum atomic E-state index is -5.53. The monoisotopic (exact) mass is 644 g/mol. The van der Waals surface area contributed by atoms with Gasteiger partial charge in [-0.2, -0.15) is 0 Å².